The third-order valence-electron chi connectivity index (χ3n) is 2.45. The van der Waals surface area contributed by atoms with Gasteiger partial charge < -0.3 is 0 Å². The van der Waals surface area contributed by atoms with E-state index in [1.165, 1.54) is 25.1 Å². The Morgan fingerprint density at radius 3 is 2.61 bits per heavy atom. The number of hydrogen-bond acceptors (Lipinski definition) is 2. The van der Waals surface area contributed by atoms with E-state index in [-0.39, 0.29) is 21.4 Å². The first-order valence-electron chi connectivity index (χ1n) is 4.89. The molecule has 7 heteroatoms. The summed E-state index contributed by atoms with van der Waals surface area (Å²) in [6, 6.07) is 4.05. The molecular weight excluding hydrogens is 282 g/mol. The number of benzene rings is 1. The van der Waals surface area contributed by atoms with Crippen LogP contribution in [0.3, 0.4) is 0 Å². The van der Waals surface area contributed by atoms with E-state index in [2.05, 4.69) is 4.98 Å². The molecule has 0 unspecified atom stereocenters. The molecule has 1 N–H and O–H groups in total. The van der Waals surface area contributed by atoms with Gasteiger partial charge in [-0.2, -0.15) is 0 Å². The lowest BCUT2D eigenvalue weighted by molar-refractivity contribution is 0.612. The predicted molar refractivity (Wildman–Crippen MR) is 67.4 cm³/mol. The smallest absolute Gasteiger partial charge is 0.297 e. The zero-order valence-electron chi connectivity index (χ0n) is 9.13. The minimum atomic E-state index is -0.839. The zero-order valence-corrected chi connectivity index (χ0v) is 10.6. The van der Waals surface area contributed by atoms with Crippen LogP contribution in [0.5, 0.6) is 0 Å². The fraction of sp³-hybridized carbons (Fsp3) is 0.0909. The average Bonchev–Trinajstić information content (AvgIpc) is 2.32. The van der Waals surface area contributed by atoms with Crippen molar-refractivity contribution in [2.24, 2.45) is 0 Å². The molecule has 2 aromatic rings. The minimum Gasteiger partial charge on any atom is -0.297 e. The highest BCUT2D eigenvalue weighted by molar-refractivity contribution is 6.31. The molecule has 0 radical (unpaired) electrons. The van der Waals surface area contributed by atoms with Gasteiger partial charge in [-0.05, 0) is 19.1 Å². The van der Waals surface area contributed by atoms with Gasteiger partial charge in [0, 0.05) is 0 Å². The summed E-state index contributed by atoms with van der Waals surface area (Å²) in [6.07, 6.45) is 0. The molecule has 0 amide bonds. The van der Waals surface area contributed by atoms with Crippen LogP contribution in [0, 0.1) is 12.7 Å². The third-order valence-corrected chi connectivity index (χ3v) is 3.11. The number of halogens is 3. The van der Waals surface area contributed by atoms with Gasteiger partial charge >= 0.3 is 5.69 Å². The number of hydrogen-bond donors (Lipinski definition) is 1. The summed E-state index contributed by atoms with van der Waals surface area (Å²) in [5.41, 5.74) is -1.61. The van der Waals surface area contributed by atoms with Crippen molar-refractivity contribution in [1.29, 1.82) is 0 Å². The molecule has 0 spiro atoms. The fourth-order valence-corrected chi connectivity index (χ4v) is 1.81. The van der Waals surface area contributed by atoms with Crippen LogP contribution >= 0.6 is 23.2 Å². The Hall–Kier alpha value is -1.59. The van der Waals surface area contributed by atoms with Gasteiger partial charge in [0.05, 0.1) is 16.3 Å². The summed E-state index contributed by atoms with van der Waals surface area (Å²) >= 11 is 11.3. The highest BCUT2D eigenvalue weighted by Gasteiger charge is 2.15. The molecule has 0 bridgehead atoms. The molecule has 2 rings (SSSR count). The lowest BCUT2D eigenvalue weighted by atomic mass is 10.3. The van der Waals surface area contributed by atoms with E-state index in [9.17, 15) is 14.0 Å². The standard InChI is InChI=1S/C11H7Cl2FN2O2/c1-5-9(13)15-11(18)16(10(5)17)7-4-2-3-6(12)8(7)14/h2-4H,1H3,(H,15,18). The van der Waals surface area contributed by atoms with Crippen molar-refractivity contribution in [1.82, 2.24) is 9.55 Å². The summed E-state index contributed by atoms with van der Waals surface area (Å²) in [4.78, 5) is 25.9. The SMILES string of the molecule is Cc1c(Cl)[nH]c(=O)n(-c2cccc(Cl)c2F)c1=O. The molecule has 94 valence electrons. The normalized spacial score (nSPS) is 10.7. The van der Waals surface area contributed by atoms with Crippen molar-refractivity contribution >= 4 is 23.2 Å². The van der Waals surface area contributed by atoms with Crippen molar-refractivity contribution in [2.75, 3.05) is 0 Å². The van der Waals surface area contributed by atoms with Crippen LogP contribution in [0.2, 0.25) is 10.2 Å². The number of H-pyrrole nitrogens is 1. The van der Waals surface area contributed by atoms with Gasteiger partial charge in [-0.3, -0.25) is 9.78 Å². The molecule has 0 atom stereocenters. The Morgan fingerprint density at radius 2 is 1.94 bits per heavy atom. The maximum absolute atomic E-state index is 13.8. The van der Waals surface area contributed by atoms with Crippen molar-refractivity contribution < 1.29 is 4.39 Å². The van der Waals surface area contributed by atoms with E-state index in [0.29, 0.717) is 4.57 Å². The van der Waals surface area contributed by atoms with E-state index in [1.807, 2.05) is 0 Å². The van der Waals surface area contributed by atoms with Gasteiger partial charge in [-0.25, -0.2) is 13.8 Å². The van der Waals surface area contributed by atoms with Gasteiger partial charge in [-0.15, -0.1) is 0 Å². The summed E-state index contributed by atoms with van der Waals surface area (Å²) in [6.45, 7) is 1.43. The number of nitrogens with one attached hydrogen (secondary N) is 1. The first-order chi connectivity index (χ1) is 8.43. The quantitative estimate of drug-likeness (QED) is 0.819. The summed E-state index contributed by atoms with van der Waals surface area (Å²) in [5.74, 6) is -0.839. The van der Waals surface area contributed by atoms with Crippen LogP contribution in [0.25, 0.3) is 5.69 Å². The van der Waals surface area contributed by atoms with E-state index >= 15 is 0 Å². The Bertz CT molecular complexity index is 737. The maximum Gasteiger partial charge on any atom is 0.334 e. The summed E-state index contributed by atoms with van der Waals surface area (Å²) in [5, 5.41) is -0.241. The van der Waals surface area contributed by atoms with Crippen LogP contribution in [0.4, 0.5) is 4.39 Å². The van der Waals surface area contributed by atoms with Crippen LogP contribution in [0.1, 0.15) is 5.56 Å². The van der Waals surface area contributed by atoms with Gasteiger partial charge in [-0.1, -0.05) is 29.3 Å². The lowest BCUT2D eigenvalue weighted by Gasteiger charge is -2.08. The molecule has 0 saturated heterocycles. The van der Waals surface area contributed by atoms with Crippen LogP contribution in [-0.2, 0) is 0 Å². The topological polar surface area (TPSA) is 54.9 Å². The highest BCUT2D eigenvalue weighted by atomic mass is 35.5. The predicted octanol–water partition coefficient (Wildman–Crippen LogP) is 2.28. The van der Waals surface area contributed by atoms with Crippen molar-refractivity contribution in [3.63, 3.8) is 0 Å². The van der Waals surface area contributed by atoms with E-state index in [1.54, 1.807) is 0 Å². The number of rotatable bonds is 1. The minimum absolute atomic E-state index is 0.0660. The number of aromatic nitrogens is 2. The molecule has 1 heterocycles. The fourth-order valence-electron chi connectivity index (χ4n) is 1.48. The second-order valence-corrected chi connectivity index (χ2v) is 4.37. The molecule has 4 nitrogen and oxygen atoms in total. The molecule has 0 saturated carbocycles. The van der Waals surface area contributed by atoms with E-state index in [0.717, 1.165) is 0 Å². The highest BCUT2D eigenvalue weighted by Crippen LogP contribution is 2.19. The van der Waals surface area contributed by atoms with Gasteiger partial charge in [0.2, 0.25) is 0 Å². The van der Waals surface area contributed by atoms with Crippen LogP contribution in [-0.4, -0.2) is 9.55 Å². The van der Waals surface area contributed by atoms with Crippen LogP contribution < -0.4 is 11.2 Å². The largest absolute Gasteiger partial charge is 0.334 e. The molecule has 0 fully saturated rings. The Labute approximate surface area is 111 Å². The van der Waals surface area contributed by atoms with Gasteiger partial charge in [0.15, 0.2) is 5.82 Å². The van der Waals surface area contributed by atoms with Gasteiger partial charge in [0.1, 0.15) is 5.15 Å². The Balaban J connectivity index is 2.89. The molecule has 1 aromatic carbocycles. The average molecular weight is 289 g/mol. The van der Waals surface area contributed by atoms with E-state index in [4.69, 9.17) is 23.2 Å². The van der Waals surface area contributed by atoms with Gasteiger partial charge in [0.25, 0.3) is 5.56 Å². The van der Waals surface area contributed by atoms with Crippen molar-refractivity contribution in [3.05, 3.63) is 60.6 Å². The van der Waals surface area contributed by atoms with Crippen molar-refractivity contribution in [3.8, 4) is 5.69 Å². The van der Waals surface area contributed by atoms with E-state index < -0.39 is 17.1 Å². The Kier molecular flexibility index (Phi) is 3.28. The van der Waals surface area contributed by atoms with Crippen LogP contribution in [0.15, 0.2) is 27.8 Å². The number of aromatic amines is 1. The maximum atomic E-state index is 13.8. The molecule has 0 aliphatic rings. The third kappa shape index (κ3) is 1.95. The summed E-state index contributed by atoms with van der Waals surface area (Å²) in [7, 11) is 0. The molecule has 0 aliphatic carbocycles. The molecule has 0 aliphatic heterocycles. The number of nitrogens with zero attached hydrogens (tertiary/aromatic N) is 1. The molecule has 1 aromatic heterocycles. The zero-order chi connectivity index (χ0) is 13.4. The second kappa shape index (κ2) is 4.59. The molecular formula is C11H7Cl2FN2O2. The first kappa shape index (κ1) is 12.9. The van der Waals surface area contributed by atoms with Crippen molar-refractivity contribution in [2.45, 2.75) is 6.92 Å². The monoisotopic (exact) mass is 288 g/mol. The second-order valence-electron chi connectivity index (χ2n) is 3.58. The summed E-state index contributed by atoms with van der Waals surface area (Å²) < 4.78 is 14.5. The molecule has 18 heavy (non-hydrogen) atoms. The first-order valence-corrected chi connectivity index (χ1v) is 5.65. The lowest BCUT2D eigenvalue weighted by Crippen LogP contribution is -2.35. The Morgan fingerprint density at radius 1 is 1.28 bits per heavy atom.